The summed E-state index contributed by atoms with van der Waals surface area (Å²) < 4.78 is 29.3. The van der Waals surface area contributed by atoms with Crippen LogP contribution in [-0.2, 0) is 0 Å². The maximum absolute atomic E-state index is 12.1. The number of halogens is 3. The molecule has 0 saturated heterocycles. The van der Waals surface area contributed by atoms with E-state index in [1.165, 1.54) is 24.3 Å². The van der Waals surface area contributed by atoms with Crippen LogP contribution in [0.15, 0.2) is 53.0 Å². The molecule has 6 heteroatoms. The van der Waals surface area contributed by atoms with Crippen LogP contribution in [0.2, 0.25) is 0 Å². The molecule has 0 aliphatic rings. The third-order valence-electron chi connectivity index (χ3n) is 3.06. The largest absolute Gasteiger partial charge is 0.435 e. The van der Waals surface area contributed by atoms with Crippen LogP contribution in [0, 0.1) is 0 Å². The van der Waals surface area contributed by atoms with Gasteiger partial charge in [-0.3, -0.25) is 4.79 Å². The van der Waals surface area contributed by atoms with Gasteiger partial charge in [0.05, 0.1) is 6.04 Å². The van der Waals surface area contributed by atoms with Gasteiger partial charge in [0, 0.05) is 10.0 Å². The zero-order chi connectivity index (χ0) is 16.1. The molecule has 0 fully saturated rings. The van der Waals surface area contributed by atoms with E-state index in [2.05, 4.69) is 26.0 Å². The number of alkyl halides is 2. The van der Waals surface area contributed by atoms with Gasteiger partial charge in [0.15, 0.2) is 0 Å². The molecule has 3 nitrogen and oxygen atoms in total. The first-order chi connectivity index (χ1) is 10.5. The van der Waals surface area contributed by atoms with Gasteiger partial charge in [-0.25, -0.2) is 0 Å². The van der Waals surface area contributed by atoms with Gasteiger partial charge in [-0.1, -0.05) is 28.1 Å². The van der Waals surface area contributed by atoms with Gasteiger partial charge in [-0.2, -0.15) is 8.78 Å². The third-order valence-corrected chi connectivity index (χ3v) is 3.59. The van der Waals surface area contributed by atoms with Crippen molar-refractivity contribution in [2.75, 3.05) is 0 Å². The summed E-state index contributed by atoms with van der Waals surface area (Å²) in [6.07, 6.45) is 0. The first-order valence-electron chi connectivity index (χ1n) is 6.57. The average molecular weight is 370 g/mol. The molecular formula is C16H14BrF2NO2. The SMILES string of the molecule is CC(NC(=O)c1ccc(OC(F)F)cc1)c1ccc(Br)cc1. The van der Waals surface area contributed by atoms with Gasteiger partial charge in [-0.05, 0) is 48.9 Å². The Morgan fingerprint density at radius 1 is 1.09 bits per heavy atom. The Labute approximate surface area is 135 Å². The lowest BCUT2D eigenvalue weighted by Crippen LogP contribution is -2.26. The summed E-state index contributed by atoms with van der Waals surface area (Å²) in [5.41, 5.74) is 1.35. The van der Waals surface area contributed by atoms with Crippen LogP contribution in [0.5, 0.6) is 5.75 Å². The maximum atomic E-state index is 12.1. The van der Waals surface area contributed by atoms with Gasteiger partial charge in [0.25, 0.3) is 5.91 Å². The molecule has 0 aromatic heterocycles. The van der Waals surface area contributed by atoms with E-state index in [4.69, 9.17) is 0 Å². The molecule has 0 aliphatic carbocycles. The Kier molecular flexibility index (Phi) is 5.49. The van der Waals surface area contributed by atoms with Crippen molar-refractivity contribution in [1.29, 1.82) is 0 Å². The van der Waals surface area contributed by atoms with Gasteiger partial charge in [0.1, 0.15) is 5.75 Å². The molecular weight excluding hydrogens is 356 g/mol. The van der Waals surface area contributed by atoms with Crippen molar-refractivity contribution in [3.63, 3.8) is 0 Å². The quantitative estimate of drug-likeness (QED) is 0.839. The minimum Gasteiger partial charge on any atom is -0.435 e. The first kappa shape index (κ1) is 16.4. The van der Waals surface area contributed by atoms with Crippen molar-refractivity contribution in [1.82, 2.24) is 5.32 Å². The topological polar surface area (TPSA) is 38.3 Å². The van der Waals surface area contributed by atoms with Crippen molar-refractivity contribution in [2.24, 2.45) is 0 Å². The fourth-order valence-electron chi connectivity index (χ4n) is 1.90. The zero-order valence-corrected chi connectivity index (χ0v) is 13.3. The number of nitrogens with one attached hydrogen (secondary N) is 1. The second-order valence-electron chi connectivity index (χ2n) is 4.65. The summed E-state index contributed by atoms with van der Waals surface area (Å²) in [7, 11) is 0. The van der Waals surface area contributed by atoms with E-state index in [0.29, 0.717) is 5.56 Å². The Morgan fingerprint density at radius 2 is 1.68 bits per heavy atom. The third kappa shape index (κ3) is 4.53. The lowest BCUT2D eigenvalue weighted by atomic mass is 10.1. The minimum absolute atomic E-state index is 0.0208. The highest BCUT2D eigenvalue weighted by molar-refractivity contribution is 9.10. The first-order valence-corrected chi connectivity index (χ1v) is 7.36. The lowest BCUT2D eigenvalue weighted by Gasteiger charge is -2.14. The number of carbonyl (C=O) groups is 1. The van der Waals surface area contributed by atoms with Crippen molar-refractivity contribution in [3.8, 4) is 5.75 Å². The number of benzene rings is 2. The Balaban J connectivity index is 2.00. The molecule has 116 valence electrons. The predicted molar refractivity (Wildman–Crippen MR) is 83.1 cm³/mol. The second kappa shape index (κ2) is 7.35. The summed E-state index contributed by atoms with van der Waals surface area (Å²) in [6.45, 7) is -1.01. The van der Waals surface area contributed by atoms with E-state index < -0.39 is 6.61 Å². The number of hydrogen-bond donors (Lipinski definition) is 1. The smallest absolute Gasteiger partial charge is 0.387 e. The molecule has 0 heterocycles. The van der Waals surface area contributed by atoms with Crippen LogP contribution in [-0.4, -0.2) is 12.5 Å². The van der Waals surface area contributed by atoms with Crippen molar-refractivity contribution in [2.45, 2.75) is 19.6 Å². The fraction of sp³-hybridized carbons (Fsp3) is 0.188. The van der Waals surface area contributed by atoms with Crippen LogP contribution in [0.3, 0.4) is 0 Å². The van der Waals surface area contributed by atoms with Gasteiger partial charge in [0.2, 0.25) is 0 Å². The Hall–Kier alpha value is -1.95. The van der Waals surface area contributed by atoms with Gasteiger partial charge < -0.3 is 10.1 Å². The van der Waals surface area contributed by atoms with Crippen molar-refractivity contribution < 1.29 is 18.3 Å². The molecule has 2 aromatic carbocycles. The van der Waals surface area contributed by atoms with E-state index in [1.54, 1.807) is 0 Å². The predicted octanol–water partition coefficient (Wildman–Crippen LogP) is 4.54. The molecule has 1 atom stereocenters. The highest BCUT2D eigenvalue weighted by Crippen LogP contribution is 2.18. The van der Waals surface area contributed by atoms with Crippen LogP contribution in [0.1, 0.15) is 28.9 Å². The van der Waals surface area contributed by atoms with Crippen LogP contribution >= 0.6 is 15.9 Å². The Bertz CT molecular complexity index is 630. The van der Waals surface area contributed by atoms with Crippen LogP contribution in [0.25, 0.3) is 0 Å². The highest BCUT2D eigenvalue weighted by Gasteiger charge is 2.12. The molecule has 2 rings (SSSR count). The normalized spacial score (nSPS) is 12.0. The van der Waals surface area contributed by atoms with E-state index in [1.807, 2.05) is 31.2 Å². The Morgan fingerprint density at radius 3 is 2.23 bits per heavy atom. The zero-order valence-electron chi connectivity index (χ0n) is 11.7. The van der Waals surface area contributed by atoms with Gasteiger partial charge >= 0.3 is 6.61 Å². The number of carbonyl (C=O) groups excluding carboxylic acids is 1. The van der Waals surface area contributed by atoms with Crippen molar-refractivity contribution >= 4 is 21.8 Å². The van der Waals surface area contributed by atoms with E-state index >= 15 is 0 Å². The van der Waals surface area contributed by atoms with Crippen molar-refractivity contribution in [3.05, 3.63) is 64.1 Å². The van der Waals surface area contributed by atoms with E-state index in [9.17, 15) is 13.6 Å². The number of amides is 1. The summed E-state index contributed by atoms with van der Waals surface area (Å²) >= 11 is 3.35. The molecule has 0 radical (unpaired) electrons. The molecule has 1 N–H and O–H groups in total. The monoisotopic (exact) mass is 369 g/mol. The highest BCUT2D eigenvalue weighted by atomic mass is 79.9. The number of ether oxygens (including phenoxy) is 1. The molecule has 0 saturated carbocycles. The van der Waals surface area contributed by atoms with E-state index in [0.717, 1.165) is 10.0 Å². The summed E-state index contributed by atoms with van der Waals surface area (Å²) in [5.74, 6) is -0.258. The molecule has 0 bridgehead atoms. The standard InChI is InChI=1S/C16H14BrF2NO2/c1-10(11-2-6-13(17)7-3-11)20-15(21)12-4-8-14(9-5-12)22-16(18)19/h2-10,16H,1H3,(H,20,21). The molecule has 2 aromatic rings. The number of rotatable bonds is 5. The van der Waals surface area contributed by atoms with Crippen LogP contribution < -0.4 is 10.1 Å². The minimum atomic E-state index is -2.88. The molecule has 0 spiro atoms. The van der Waals surface area contributed by atoms with Crippen LogP contribution in [0.4, 0.5) is 8.78 Å². The molecule has 1 unspecified atom stereocenters. The lowest BCUT2D eigenvalue weighted by molar-refractivity contribution is -0.0498. The molecule has 1 amide bonds. The summed E-state index contributed by atoms with van der Waals surface area (Å²) in [6, 6.07) is 13.0. The maximum Gasteiger partial charge on any atom is 0.387 e. The number of hydrogen-bond acceptors (Lipinski definition) is 2. The molecule has 22 heavy (non-hydrogen) atoms. The molecule has 0 aliphatic heterocycles. The fourth-order valence-corrected chi connectivity index (χ4v) is 2.17. The summed E-state index contributed by atoms with van der Waals surface area (Å²) in [4.78, 5) is 12.1. The second-order valence-corrected chi connectivity index (χ2v) is 5.57. The van der Waals surface area contributed by atoms with Gasteiger partial charge in [-0.15, -0.1) is 0 Å². The summed E-state index contributed by atoms with van der Waals surface area (Å²) in [5, 5.41) is 2.85. The average Bonchev–Trinajstić information content (AvgIpc) is 2.48. The van der Waals surface area contributed by atoms with E-state index in [-0.39, 0.29) is 17.7 Å².